The Bertz CT molecular complexity index is 566. The van der Waals surface area contributed by atoms with Crippen LogP contribution in [0.5, 0.6) is 5.75 Å². The Kier molecular flexibility index (Phi) is 4.14. The average Bonchev–Trinajstić information content (AvgIpc) is 3.02. The van der Waals surface area contributed by atoms with Crippen LogP contribution in [-0.2, 0) is 0 Å². The van der Waals surface area contributed by atoms with Crippen LogP contribution in [0, 0.1) is 0 Å². The number of ether oxygens (including phenoxy) is 1. The molecule has 4 nitrogen and oxygen atoms in total. The molecule has 1 aliphatic rings. The van der Waals surface area contributed by atoms with Gasteiger partial charge in [-0.3, -0.25) is 9.88 Å². The van der Waals surface area contributed by atoms with Gasteiger partial charge in [-0.15, -0.1) is 0 Å². The van der Waals surface area contributed by atoms with Crippen molar-refractivity contribution in [2.45, 2.75) is 18.9 Å². The standard InChI is InChI=1S/C16H21N3O/c17-11-14(19-8-1-2-9-19)12-20-15-5-6-16-13(10-15)4-3-7-18-16/h3-7,10,14H,1-2,8-9,11-12,17H2. The second-order valence-electron chi connectivity index (χ2n) is 5.30. The van der Waals surface area contributed by atoms with E-state index in [9.17, 15) is 0 Å². The van der Waals surface area contributed by atoms with Gasteiger partial charge in [-0.05, 0) is 50.2 Å². The van der Waals surface area contributed by atoms with Crippen LogP contribution in [0.3, 0.4) is 0 Å². The minimum Gasteiger partial charge on any atom is -0.492 e. The molecule has 1 aliphatic heterocycles. The van der Waals surface area contributed by atoms with Gasteiger partial charge in [0.25, 0.3) is 0 Å². The summed E-state index contributed by atoms with van der Waals surface area (Å²) in [5.41, 5.74) is 6.87. The highest BCUT2D eigenvalue weighted by molar-refractivity contribution is 5.79. The first-order valence-corrected chi connectivity index (χ1v) is 7.28. The normalized spacial score (nSPS) is 17.4. The number of fused-ring (bicyclic) bond motifs is 1. The lowest BCUT2D eigenvalue weighted by molar-refractivity contribution is 0.165. The molecule has 0 amide bonds. The van der Waals surface area contributed by atoms with Crippen LogP contribution in [0.4, 0.5) is 0 Å². The summed E-state index contributed by atoms with van der Waals surface area (Å²) >= 11 is 0. The number of pyridine rings is 1. The summed E-state index contributed by atoms with van der Waals surface area (Å²) in [6.45, 7) is 3.59. The molecule has 1 saturated heterocycles. The van der Waals surface area contributed by atoms with Crippen molar-refractivity contribution < 1.29 is 4.74 Å². The highest BCUT2D eigenvalue weighted by atomic mass is 16.5. The molecule has 3 rings (SSSR count). The Morgan fingerprint density at radius 2 is 2.10 bits per heavy atom. The van der Waals surface area contributed by atoms with E-state index in [4.69, 9.17) is 10.5 Å². The molecule has 20 heavy (non-hydrogen) atoms. The third kappa shape index (κ3) is 2.92. The fourth-order valence-corrected chi connectivity index (χ4v) is 2.77. The van der Waals surface area contributed by atoms with Crippen molar-refractivity contribution in [2.75, 3.05) is 26.2 Å². The minimum atomic E-state index is 0.321. The summed E-state index contributed by atoms with van der Waals surface area (Å²) < 4.78 is 5.93. The number of hydrogen-bond acceptors (Lipinski definition) is 4. The first-order chi connectivity index (χ1) is 9.86. The van der Waals surface area contributed by atoms with Crippen LogP contribution in [-0.4, -0.2) is 42.2 Å². The second kappa shape index (κ2) is 6.20. The molecular formula is C16H21N3O. The minimum absolute atomic E-state index is 0.321. The lowest BCUT2D eigenvalue weighted by Crippen LogP contribution is -2.42. The Morgan fingerprint density at radius 3 is 2.90 bits per heavy atom. The van der Waals surface area contributed by atoms with Crippen molar-refractivity contribution >= 4 is 10.9 Å². The van der Waals surface area contributed by atoms with E-state index in [0.29, 0.717) is 19.2 Å². The Morgan fingerprint density at radius 1 is 1.25 bits per heavy atom. The van der Waals surface area contributed by atoms with Gasteiger partial charge >= 0.3 is 0 Å². The molecule has 1 aromatic heterocycles. The summed E-state index contributed by atoms with van der Waals surface area (Å²) in [6, 6.07) is 10.3. The second-order valence-corrected chi connectivity index (χ2v) is 5.30. The third-order valence-corrected chi connectivity index (χ3v) is 3.95. The molecule has 0 bridgehead atoms. The Hall–Kier alpha value is -1.65. The molecule has 1 aromatic carbocycles. The quantitative estimate of drug-likeness (QED) is 0.904. The predicted molar refractivity (Wildman–Crippen MR) is 80.9 cm³/mol. The van der Waals surface area contributed by atoms with Crippen molar-refractivity contribution in [3.63, 3.8) is 0 Å². The van der Waals surface area contributed by atoms with Gasteiger partial charge in [-0.25, -0.2) is 0 Å². The molecule has 2 N–H and O–H groups in total. The van der Waals surface area contributed by atoms with E-state index in [1.807, 2.05) is 24.3 Å². The van der Waals surface area contributed by atoms with E-state index in [1.54, 1.807) is 6.20 Å². The molecule has 0 radical (unpaired) electrons. The van der Waals surface area contributed by atoms with Gasteiger partial charge in [0.05, 0.1) is 11.6 Å². The number of likely N-dealkylation sites (tertiary alicyclic amines) is 1. The first kappa shape index (κ1) is 13.3. The van der Waals surface area contributed by atoms with E-state index >= 15 is 0 Å². The van der Waals surface area contributed by atoms with Crippen LogP contribution in [0.25, 0.3) is 10.9 Å². The summed E-state index contributed by atoms with van der Waals surface area (Å²) in [4.78, 5) is 6.75. The predicted octanol–water partition coefficient (Wildman–Crippen LogP) is 2.04. The zero-order valence-electron chi connectivity index (χ0n) is 11.7. The maximum atomic E-state index is 5.93. The van der Waals surface area contributed by atoms with Gasteiger partial charge in [-0.2, -0.15) is 0 Å². The van der Waals surface area contributed by atoms with E-state index in [1.165, 1.54) is 12.8 Å². The molecule has 0 aliphatic carbocycles. The molecule has 1 fully saturated rings. The van der Waals surface area contributed by atoms with E-state index in [0.717, 1.165) is 29.7 Å². The fraction of sp³-hybridized carbons (Fsp3) is 0.438. The van der Waals surface area contributed by atoms with Gasteiger partial charge in [-0.1, -0.05) is 6.07 Å². The maximum Gasteiger partial charge on any atom is 0.120 e. The zero-order chi connectivity index (χ0) is 13.8. The molecule has 2 aromatic rings. The van der Waals surface area contributed by atoms with Gasteiger partial charge in [0, 0.05) is 18.1 Å². The highest BCUT2D eigenvalue weighted by Crippen LogP contribution is 2.20. The first-order valence-electron chi connectivity index (χ1n) is 7.28. The van der Waals surface area contributed by atoms with Crippen molar-refractivity contribution in [3.8, 4) is 5.75 Å². The molecule has 0 spiro atoms. The van der Waals surface area contributed by atoms with E-state index in [-0.39, 0.29) is 0 Å². The topological polar surface area (TPSA) is 51.4 Å². The third-order valence-electron chi connectivity index (χ3n) is 3.95. The Balaban J connectivity index is 1.66. The number of nitrogens with zero attached hydrogens (tertiary/aromatic N) is 2. The fourth-order valence-electron chi connectivity index (χ4n) is 2.77. The molecule has 1 atom stereocenters. The van der Waals surface area contributed by atoms with Crippen LogP contribution in [0.2, 0.25) is 0 Å². The smallest absolute Gasteiger partial charge is 0.120 e. The molecule has 4 heteroatoms. The molecule has 2 heterocycles. The van der Waals surface area contributed by atoms with Gasteiger partial charge in [0.15, 0.2) is 0 Å². The van der Waals surface area contributed by atoms with Crippen LogP contribution in [0.15, 0.2) is 36.5 Å². The van der Waals surface area contributed by atoms with Crippen molar-refractivity contribution in [3.05, 3.63) is 36.5 Å². The van der Waals surface area contributed by atoms with Crippen molar-refractivity contribution in [2.24, 2.45) is 5.73 Å². The van der Waals surface area contributed by atoms with Gasteiger partial charge in [0.2, 0.25) is 0 Å². The van der Waals surface area contributed by atoms with Crippen LogP contribution < -0.4 is 10.5 Å². The highest BCUT2D eigenvalue weighted by Gasteiger charge is 2.21. The Labute approximate surface area is 119 Å². The van der Waals surface area contributed by atoms with Crippen LogP contribution >= 0.6 is 0 Å². The van der Waals surface area contributed by atoms with Crippen molar-refractivity contribution in [1.82, 2.24) is 9.88 Å². The largest absolute Gasteiger partial charge is 0.492 e. The monoisotopic (exact) mass is 271 g/mol. The number of aromatic nitrogens is 1. The van der Waals surface area contributed by atoms with Crippen LogP contribution in [0.1, 0.15) is 12.8 Å². The van der Waals surface area contributed by atoms with Gasteiger partial charge in [0.1, 0.15) is 12.4 Å². The summed E-state index contributed by atoms with van der Waals surface area (Å²) in [6.07, 6.45) is 4.36. The molecule has 0 saturated carbocycles. The number of hydrogen-bond donors (Lipinski definition) is 1. The van der Waals surface area contributed by atoms with E-state index in [2.05, 4.69) is 16.0 Å². The lowest BCUT2D eigenvalue weighted by atomic mass is 10.2. The molecule has 106 valence electrons. The molecule has 1 unspecified atom stereocenters. The number of benzene rings is 1. The van der Waals surface area contributed by atoms with Crippen molar-refractivity contribution in [1.29, 1.82) is 0 Å². The van der Waals surface area contributed by atoms with E-state index < -0.39 is 0 Å². The average molecular weight is 271 g/mol. The lowest BCUT2D eigenvalue weighted by Gasteiger charge is -2.26. The summed E-state index contributed by atoms with van der Waals surface area (Å²) in [7, 11) is 0. The zero-order valence-corrected chi connectivity index (χ0v) is 11.7. The SMILES string of the molecule is NCC(COc1ccc2ncccc2c1)N1CCCC1. The van der Waals surface area contributed by atoms with Gasteiger partial charge < -0.3 is 10.5 Å². The number of rotatable bonds is 5. The molecular weight excluding hydrogens is 250 g/mol. The summed E-state index contributed by atoms with van der Waals surface area (Å²) in [5, 5.41) is 1.11. The maximum absolute atomic E-state index is 5.93. The number of nitrogens with two attached hydrogens (primary N) is 1. The summed E-state index contributed by atoms with van der Waals surface area (Å²) in [5.74, 6) is 0.892.